The highest BCUT2D eigenvalue weighted by Crippen LogP contribution is 2.16. The van der Waals surface area contributed by atoms with Crippen LogP contribution in [0.5, 0.6) is 0 Å². The Kier molecular flexibility index (Phi) is 6.54. The highest BCUT2D eigenvalue weighted by atomic mass is 16.3. The van der Waals surface area contributed by atoms with Gasteiger partial charge < -0.3 is 10.0 Å². The molecule has 0 aliphatic heterocycles. The molecule has 4 heteroatoms. The van der Waals surface area contributed by atoms with Crippen LogP contribution in [-0.2, 0) is 6.54 Å². The standard InChI is InChI=1S/C22H26N2O2/c1-5-17(2)24(16-19-11-14-23-15-12-19)21(25)20-8-6-18(7-9-20)10-13-22(3,4)26/h6-9,11-12,14-15,17,26H,5,16H2,1-4H3/t17-/m0/s1. The van der Waals surface area contributed by atoms with Crippen LogP contribution >= 0.6 is 0 Å². The van der Waals surface area contributed by atoms with Gasteiger partial charge in [-0.25, -0.2) is 0 Å². The topological polar surface area (TPSA) is 53.4 Å². The summed E-state index contributed by atoms with van der Waals surface area (Å²) in [5.41, 5.74) is 1.43. The largest absolute Gasteiger partial charge is 0.378 e. The van der Waals surface area contributed by atoms with Crippen LogP contribution < -0.4 is 0 Å². The molecule has 0 spiro atoms. The van der Waals surface area contributed by atoms with Gasteiger partial charge in [-0.05, 0) is 69.2 Å². The highest BCUT2D eigenvalue weighted by Gasteiger charge is 2.20. The summed E-state index contributed by atoms with van der Waals surface area (Å²) in [5, 5.41) is 9.68. The molecule has 0 aliphatic carbocycles. The van der Waals surface area contributed by atoms with Crippen molar-refractivity contribution < 1.29 is 9.90 Å². The van der Waals surface area contributed by atoms with Crippen LogP contribution in [0.15, 0.2) is 48.8 Å². The lowest BCUT2D eigenvalue weighted by Gasteiger charge is -2.29. The molecular weight excluding hydrogens is 324 g/mol. The van der Waals surface area contributed by atoms with Crippen molar-refractivity contribution in [3.05, 3.63) is 65.5 Å². The molecule has 1 heterocycles. The van der Waals surface area contributed by atoms with E-state index in [1.165, 1.54) is 0 Å². The highest BCUT2D eigenvalue weighted by molar-refractivity contribution is 5.94. The van der Waals surface area contributed by atoms with Crippen molar-refractivity contribution in [2.45, 2.75) is 52.3 Å². The Hall–Kier alpha value is -2.64. The minimum Gasteiger partial charge on any atom is -0.378 e. The van der Waals surface area contributed by atoms with E-state index < -0.39 is 5.60 Å². The van der Waals surface area contributed by atoms with E-state index in [1.807, 2.05) is 29.2 Å². The van der Waals surface area contributed by atoms with Gasteiger partial charge in [0.05, 0.1) is 0 Å². The third-order valence-electron chi connectivity index (χ3n) is 4.13. The van der Waals surface area contributed by atoms with Crippen molar-refractivity contribution in [2.24, 2.45) is 0 Å². The van der Waals surface area contributed by atoms with Crippen molar-refractivity contribution >= 4 is 5.91 Å². The van der Waals surface area contributed by atoms with Crippen LogP contribution in [-0.4, -0.2) is 32.5 Å². The summed E-state index contributed by atoms with van der Waals surface area (Å²) in [6.45, 7) is 7.97. The zero-order valence-corrected chi connectivity index (χ0v) is 15.9. The molecule has 0 aliphatic rings. The van der Waals surface area contributed by atoms with Gasteiger partial charge >= 0.3 is 0 Å². The molecule has 0 bridgehead atoms. The molecule has 1 aromatic carbocycles. The first-order valence-electron chi connectivity index (χ1n) is 8.85. The van der Waals surface area contributed by atoms with Gasteiger partial charge in [0.15, 0.2) is 0 Å². The van der Waals surface area contributed by atoms with Crippen LogP contribution in [0.2, 0.25) is 0 Å². The fourth-order valence-electron chi connectivity index (χ4n) is 2.42. The third kappa shape index (κ3) is 5.72. The molecule has 1 atom stereocenters. The summed E-state index contributed by atoms with van der Waals surface area (Å²) >= 11 is 0. The number of aromatic nitrogens is 1. The van der Waals surface area contributed by atoms with E-state index in [-0.39, 0.29) is 11.9 Å². The van der Waals surface area contributed by atoms with Crippen molar-refractivity contribution in [1.82, 2.24) is 9.88 Å². The predicted octanol–water partition coefficient (Wildman–Crippen LogP) is 3.64. The molecule has 0 unspecified atom stereocenters. The Balaban J connectivity index is 2.20. The average Bonchev–Trinajstić information content (AvgIpc) is 2.64. The number of hydrogen-bond acceptors (Lipinski definition) is 3. The van der Waals surface area contributed by atoms with E-state index in [9.17, 15) is 9.90 Å². The van der Waals surface area contributed by atoms with Crippen molar-refractivity contribution in [3.8, 4) is 11.8 Å². The van der Waals surface area contributed by atoms with Gasteiger partial charge in [0.1, 0.15) is 5.60 Å². The van der Waals surface area contributed by atoms with Crippen LogP contribution in [0.4, 0.5) is 0 Å². The Morgan fingerprint density at radius 3 is 2.35 bits per heavy atom. The summed E-state index contributed by atoms with van der Waals surface area (Å²) in [5.74, 6) is 5.69. The number of hydrogen-bond donors (Lipinski definition) is 1. The fourth-order valence-corrected chi connectivity index (χ4v) is 2.42. The summed E-state index contributed by atoms with van der Waals surface area (Å²) in [6.07, 6.45) is 4.36. The van der Waals surface area contributed by atoms with Crippen molar-refractivity contribution in [3.63, 3.8) is 0 Å². The second-order valence-electron chi connectivity index (χ2n) is 6.93. The maximum atomic E-state index is 13.0. The smallest absolute Gasteiger partial charge is 0.254 e. The van der Waals surface area contributed by atoms with E-state index in [2.05, 4.69) is 30.7 Å². The molecule has 136 valence electrons. The Morgan fingerprint density at radius 1 is 1.19 bits per heavy atom. The predicted molar refractivity (Wildman–Crippen MR) is 103 cm³/mol. The molecule has 26 heavy (non-hydrogen) atoms. The fraction of sp³-hybridized carbons (Fsp3) is 0.364. The number of rotatable bonds is 5. The Bertz CT molecular complexity index is 781. The molecule has 0 saturated carbocycles. The van der Waals surface area contributed by atoms with Gasteiger partial charge in [0, 0.05) is 36.1 Å². The van der Waals surface area contributed by atoms with E-state index in [0.717, 1.165) is 17.5 Å². The van der Waals surface area contributed by atoms with E-state index in [4.69, 9.17) is 0 Å². The van der Waals surface area contributed by atoms with Crippen LogP contribution in [0.3, 0.4) is 0 Å². The minimum atomic E-state index is -1.04. The first kappa shape index (κ1) is 19.7. The summed E-state index contributed by atoms with van der Waals surface area (Å²) in [7, 11) is 0. The molecule has 1 N–H and O–H groups in total. The van der Waals surface area contributed by atoms with Gasteiger partial charge in [-0.15, -0.1) is 0 Å². The van der Waals surface area contributed by atoms with Crippen LogP contribution in [0, 0.1) is 11.8 Å². The monoisotopic (exact) mass is 350 g/mol. The molecule has 2 aromatic rings. The van der Waals surface area contributed by atoms with Crippen molar-refractivity contribution in [1.29, 1.82) is 0 Å². The number of aliphatic hydroxyl groups is 1. The first-order valence-corrected chi connectivity index (χ1v) is 8.85. The molecule has 4 nitrogen and oxygen atoms in total. The maximum Gasteiger partial charge on any atom is 0.254 e. The second-order valence-corrected chi connectivity index (χ2v) is 6.93. The number of carbonyl (C=O) groups is 1. The van der Waals surface area contributed by atoms with Crippen LogP contribution in [0.25, 0.3) is 0 Å². The van der Waals surface area contributed by atoms with Gasteiger partial charge in [-0.3, -0.25) is 9.78 Å². The van der Waals surface area contributed by atoms with Gasteiger partial charge in [-0.2, -0.15) is 0 Å². The Morgan fingerprint density at radius 2 is 1.81 bits per heavy atom. The third-order valence-corrected chi connectivity index (χ3v) is 4.13. The lowest BCUT2D eigenvalue weighted by Crippen LogP contribution is -2.37. The molecule has 0 fully saturated rings. The second kappa shape index (κ2) is 8.64. The van der Waals surface area contributed by atoms with E-state index in [1.54, 1.807) is 38.4 Å². The number of nitrogens with zero attached hydrogens (tertiary/aromatic N) is 2. The maximum absolute atomic E-state index is 13.0. The normalized spacial score (nSPS) is 12.0. The zero-order chi connectivity index (χ0) is 19.2. The van der Waals surface area contributed by atoms with E-state index in [0.29, 0.717) is 12.1 Å². The average molecular weight is 350 g/mol. The molecule has 1 aromatic heterocycles. The number of carbonyl (C=O) groups excluding carboxylic acids is 1. The Labute approximate surface area is 155 Å². The summed E-state index contributed by atoms with van der Waals surface area (Å²) < 4.78 is 0. The number of benzene rings is 1. The molecule has 2 rings (SSSR count). The van der Waals surface area contributed by atoms with Gasteiger partial charge in [-0.1, -0.05) is 18.8 Å². The number of amides is 1. The molecule has 1 amide bonds. The quantitative estimate of drug-likeness (QED) is 0.838. The lowest BCUT2D eigenvalue weighted by atomic mass is 10.1. The SMILES string of the molecule is CC[C@H](C)N(Cc1ccncc1)C(=O)c1ccc(C#CC(C)(C)O)cc1. The summed E-state index contributed by atoms with van der Waals surface area (Å²) in [6, 6.07) is 11.2. The molecule has 0 radical (unpaired) electrons. The number of pyridine rings is 1. The minimum absolute atomic E-state index is 0.00170. The van der Waals surface area contributed by atoms with Gasteiger partial charge in [0.2, 0.25) is 0 Å². The summed E-state index contributed by atoms with van der Waals surface area (Å²) in [4.78, 5) is 18.9. The van der Waals surface area contributed by atoms with E-state index >= 15 is 0 Å². The first-order chi connectivity index (χ1) is 12.3. The van der Waals surface area contributed by atoms with Gasteiger partial charge in [0.25, 0.3) is 5.91 Å². The molecule has 0 saturated heterocycles. The van der Waals surface area contributed by atoms with Crippen molar-refractivity contribution in [2.75, 3.05) is 0 Å². The lowest BCUT2D eigenvalue weighted by molar-refractivity contribution is 0.0671. The zero-order valence-electron chi connectivity index (χ0n) is 15.9. The molecular formula is C22H26N2O2. The van der Waals surface area contributed by atoms with Crippen LogP contribution in [0.1, 0.15) is 55.6 Å².